The molecule has 1 aromatic heterocycles. The van der Waals surface area contributed by atoms with Crippen LogP contribution < -0.4 is 16.0 Å². The lowest BCUT2D eigenvalue weighted by Crippen LogP contribution is -2.39. The third-order valence-corrected chi connectivity index (χ3v) is 4.04. The van der Waals surface area contributed by atoms with E-state index in [2.05, 4.69) is 45.0 Å². The number of hydrogen-bond acceptors (Lipinski definition) is 3. The minimum absolute atomic E-state index is 0. The molecule has 152 valence electrons. The van der Waals surface area contributed by atoms with Gasteiger partial charge in [0.05, 0.1) is 0 Å². The number of pyridine rings is 1. The molecule has 0 radical (unpaired) electrons. The van der Waals surface area contributed by atoms with E-state index in [0.717, 1.165) is 18.2 Å². The number of hydrogen-bond donors (Lipinski definition) is 3. The van der Waals surface area contributed by atoms with Gasteiger partial charge in [0.2, 0.25) is 5.91 Å². The second kappa shape index (κ2) is 13.1. The summed E-state index contributed by atoms with van der Waals surface area (Å²) in [5.74, 6) is 1.56. The largest absolute Gasteiger partial charge is 0.357 e. The Morgan fingerprint density at radius 2 is 1.86 bits per heavy atom. The van der Waals surface area contributed by atoms with Crippen molar-refractivity contribution < 1.29 is 4.79 Å². The van der Waals surface area contributed by atoms with E-state index in [0.29, 0.717) is 31.2 Å². The molecule has 1 amide bonds. The Bertz CT molecular complexity index is 751. The van der Waals surface area contributed by atoms with Crippen LogP contribution in [0.2, 0.25) is 0 Å². The van der Waals surface area contributed by atoms with Gasteiger partial charge in [-0.1, -0.05) is 43.3 Å². The zero-order valence-corrected chi connectivity index (χ0v) is 19.1. The molecule has 1 aromatic carbocycles. The fourth-order valence-corrected chi connectivity index (χ4v) is 2.57. The number of benzene rings is 1. The van der Waals surface area contributed by atoms with Crippen molar-refractivity contribution in [1.82, 2.24) is 15.6 Å². The lowest BCUT2D eigenvalue weighted by Gasteiger charge is -2.14. The highest BCUT2D eigenvalue weighted by Gasteiger charge is 2.07. The van der Waals surface area contributed by atoms with Gasteiger partial charge in [-0.15, -0.1) is 24.0 Å². The number of rotatable bonds is 8. The molecule has 0 fully saturated rings. The number of carbonyl (C=O) groups excluding carboxylic acids is 1. The standard InChI is InChI=1S/C21H29N5O.HI/c1-4-22-21(24-15-16(2)18-10-6-5-7-11-18)23-14-13-20(27)26-19-12-8-9-17(3)25-19;/h5-12,16H,4,13-15H2,1-3H3,(H2,22,23,24)(H,25,26,27);1H. The summed E-state index contributed by atoms with van der Waals surface area (Å²) in [6.45, 7) is 8.03. The van der Waals surface area contributed by atoms with Gasteiger partial charge in [0, 0.05) is 37.7 Å². The van der Waals surface area contributed by atoms with Crippen molar-refractivity contribution >= 4 is 41.7 Å². The van der Waals surface area contributed by atoms with Crippen molar-refractivity contribution in [2.75, 3.05) is 25.0 Å². The van der Waals surface area contributed by atoms with E-state index in [1.54, 1.807) is 6.07 Å². The average Bonchev–Trinajstić information content (AvgIpc) is 2.66. The predicted molar refractivity (Wildman–Crippen MR) is 126 cm³/mol. The molecular formula is C21H30IN5O. The molecule has 28 heavy (non-hydrogen) atoms. The number of halogens is 1. The van der Waals surface area contributed by atoms with Crippen LogP contribution in [0.3, 0.4) is 0 Å². The van der Waals surface area contributed by atoms with Gasteiger partial charge in [-0.3, -0.25) is 9.79 Å². The van der Waals surface area contributed by atoms with Crippen molar-refractivity contribution in [3.05, 3.63) is 59.8 Å². The summed E-state index contributed by atoms with van der Waals surface area (Å²) in [7, 11) is 0. The molecule has 0 saturated heterocycles. The van der Waals surface area contributed by atoms with Crippen LogP contribution >= 0.6 is 24.0 Å². The van der Waals surface area contributed by atoms with E-state index >= 15 is 0 Å². The minimum Gasteiger partial charge on any atom is -0.357 e. The summed E-state index contributed by atoms with van der Waals surface area (Å²) in [6, 6.07) is 15.9. The van der Waals surface area contributed by atoms with Crippen LogP contribution in [0.1, 0.15) is 37.4 Å². The number of aryl methyl sites for hydroxylation is 1. The van der Waals surface area contributed by atoms with Gasteiger partial charge in [-0.2, -0.15) is 0 Å². The van der Waals surface area contributed by atoms with Crippen LogP contribution in [-0.4, -0.2) is 36.5 Å². The fourth-order valence-electron chi connectivity index (χ4n) is 2.57. The molecule has 6 nitrogen and oxygen atoms in total. The van der Waals surface area contributed by atoms with Gasteiger partial charge in [0.1, 0.15) is 5.82 Å². The Labute approximate surface area is 184 Å². The smallest absolute Gasteiger partial charge is 0.227 e. The van der Waals surface area contributed by atoms with Crippen LogP contribution in [0.4, 0.5) is 5.82 Å². The zero-order chi connectivity index (χ0) is 19.5. The highest BCUT2D eigenvalue weighted by atomic mass is 127. The summed E-state index contributed by atoms with van der Waals surface area (Å²) in [6.07, 6.45) is 0.342. The number of aliphatic imine (C=N–C) groups is 1. The summed E-state index contributed by atoms with van der Waals surface area (Å²) < 4.78 is 0. The molecule has 2 rings (SSSR count). The van der Waals surface area contributed by atoms with Gasteiger partial charge in [-0.05, 0) is 31.5 Å². The van der Waals surface area contributed by atoms with E-state index in [9.17, 15) is 4.79 Å². The number of nitrogens with zero attached hydrogens (tertiary/aromatic N) is 2. The number of carbonyl (C=O) groups is 1. The lowest BCUT2D eigenvalue weighted by atomic mass is 10.0. The quantitative estimate of drug-likeness (QED) is 0.297. The SMILES string of the molecule is CCNC(=NCC(C)c1ccccc1)NCCC(=O)Nc1cccc(C)n1.I. The summed E-state index contributed by atoms with van der Waals surface area (Å²) in [4.78, 5) is 21.0. The highest BCUT2D eigenvalue weighted by Crippen LogP contribution is 2.14. The van der Waals surface area contributed by atoms with Crippen molar-refractivity contribution in [2.45, 2.75) is 33.1 Å². The molecule has 0 aliphatic heterocycles. The molecular weight excluding hydrogens is 465 g/mol. The normalized spacial score (nSPS) is 11.9. The van der Waals surface area contributed by atoms with Gasteiger partial charge in [0.25, 0.3) is 0 Å². The summed E-state index contributed by atoms with van der Waals surface area (Å²) in [5.41, 5.74) is 2.14. The maximum Gasteiger partial charge on any atom is 0.227 e. The highest BCUT2D eigenvalue weighted by molar-refractivity contribution is 14.0. The van der Waals surface area contributed by atoms with E-state index in [-0.39, 0.29) is 29.9 Å². The van der Waals surface area contributed by atoms with E-state index in [1.165, 1.54) is 5.56 Å². The first-order valence-electron chi connectivity index (χ1n) is 9.39. The maximum absolute atomic E-state index is 12.1. The summed E-state index contributed by atoms with van der Waals surface area (Å²) >= 11 is 0. The molecule has 1 heterocycles. The molecule has 0 aliphatic carbocycles. The van der Waals surface area contributed by atoms with Crippen molar-refractivity contribution in [1.29, 1.82) is 0 Å². The van der Waals surface area contributed by atoms with Crippen LogP contribution in [0.15, 0.2) is 53.5 Å². The maximum atomic E-state index is 12.1. The van der Waals surface area contributed by atoms with Crippen molar-refractivity contribution in [3.8, 4) is 0 Å². The molecule has 3 N–H and O–H groups in total. The number of aromatic nitrogens is 1. The minimum atomic E-state index is -0.0749. The molecule has 0 spiro atoms. The average molecular weight is 495 g/mol. The Balaban J connectivity index is 0.00000392. The van der Waals surface area contributed by atoms with E-state index in [1.807, 2.05) is 44.2 Å². The molecule has 2 aromatic rings. The Morgan fingerprint density at radius 3 is 2.54 bits per heavy atom. The van der Waals surface area contributed by atoms with Crippen LogP contribution in [0, 0.1) is 6.92 Å². The Morgan fingerprint density at radius 1 is 1.11 bits per heavy atom. The van der Waals surface area contributed by atoms with Gasteiger partial charge >= 0.3 is 0 Å². The molecule has 0 bridgehead atoms. The predicted octanol–water partition coefficient (Wildman–Crippen LogP) is 3.70. The molecule has 1 atom stereocenters. The second-order valence-corrected chi connectivity index (χ2v) is 6.42. The number of nitrogens with one attached hydrogen (secondary N) is 3. The van der Waals surface area contributed by atoms with Gasteiger partial charge in [-0.25, -0.2) is 4.98 Å². The van der Waals surface area contributed by atoms with Gasteiger partial charge in [0.15, 0.2) is 5.96 Å². The summed E-state index contributed by atoms with van der Waals surface area (Å²) in [5, 5.41) is 9.24. The van der Waals surface area contributed by atoms with Gasteiger partial charge < -0.3 is 16.0 Å². The van der Waals surface area contributed by atoms with Crippen LogP contribution in [-0.2, 0) is 4.79 Å². The first-order valence-corrected chi connectivity index (χ1v) is 9.39. The Hall–Kier alpha value is -2.16. The third kappa shape index (κ3) is 8.69. The monoisotopic (exact) mass is 495 g/mol. The first kappa shape index (κ1) is 23.9. The number of anilines is 1. The zero-order valence-electron chi connectivity index (χ0n) is 16.7. The first-order chi connectivity index (χ1) is 13.1. The Kier molecular flexibility index (Phi) is 11.2. The van der Waals surface area contributed by atoms with Crippen molar-refractivity contribution in [3.63, 3.8) is 0 Å². The number of amides is 1. The van der Waals surface area contributed by atoms with E-state index < -0.39 is 0 Å². The third-order valence-electron chi connectivity index (χ3n) is 4.04. The van der Waals surface area contributed by atoms with Crippen LogP contribution in [0.5, 0.6) is 0 Å². The number of guanidine groups is 1. The van der Waals surface area contributed by atoms with Crippen molar-refractivity contribution in [2.24, 2.45) is 4.99 Å². The molecule has 0 aliphatic rings. The topological polar surface area (TPSA) is 78.4 Å². The molecule has 0 saturated carbocycles. The molecule has 7 heteroatoms. The lowest BCUT2D eigenvalue weighted by molar-refractivity contribution is -0.116. The fraction of sp³-hybridized carbons (Fsp3) is 0.381. The van der Waals surface area contributed by atoms with E-state index in [4.69, 9.17) is 0 Å². The second-order valence-electron chi connectivity index (χ2n) is 6.42. The van der Waals surface area contributed by atoms with Crippen LogP contribution in [0.25, 0.3) is 0 Å². The molecule has 1 unspecified atom stereocenters.